The summed E-state index contributed by atoms with van der Waals surface area (Å²) in [6.07, 6.45) is 1.35. The third kappa shape index (κ3) is 5.82. The smallest absolute Gasteiger partial charge is 0.407 e. The molecule has 1 amide bonds. The SMILES string of the molecule is CC(C)(C)OC(=O)NCC(c1c[nH]c2ccc(Br)cc12)N(O)Cc1ccccc1. The number of amides is 1. The highest BCUT2D eigenvalue weighted by molar-refractivity contribution is 9.10. The van der Waals surface area contributed by atoms with E-state index < -0.39 is 17.7 Å². The molecular formula is C22H26BrN3O3. The summed E-state index contributed by atoms with van der Waals surface area (Å²) in [5.74, 6) is 0. The Morgan fingerprint density at radius 3 is 2.66 bits per heavy atom. The molecule has 3 rings (SSSR count). The molecule has 0 aliphatic carbocycles. The molecule has 0 bridgehead atoms. The molecule has 1 heterocycles. The molecule has 1 unspecified atom stereocenters. The molecule has 0 saturated heterocycles. The summed E-state index contributed by atoms with van der Waals surface area (Å²) in [7, 11) is 0. The summed E-state index contributed by atoms with van der Waals surface area (Å²) in [5, 5.41) is 15.9. The highest BCUT2D eigenvalue weighted by atomic mass is 79.9. The molecule has 2 aromatic carbocycles. The summed E-state index contributed by atoms with van der Waals surface area (Å²) < 4.78 is 6.29. The maximum Gasteiger partial charge on any atom is 0.407 e. The summed E-state index contributed by atoms with van der Waals surface area (Å²) >= 11 is 3.51. The van der Waals surface area contributed by atoms with Gasteiger partial charge in [-0.1, -0.05) is 46.3 Å². The zero-order chi connectivity index (χ0) is 21.0. The van der Waals surface area contributed by atoms with Crippen LogP contribution < -0.4 is 5.32 Å². The third-order valence-corrected chi connectivity index (χ3v) is 4.91. The average Bonchev–Trinajstić information content (AvgIpc) is 3.04. The molecule has 3 aromatic rings. The fourth-order valence-corrected chi connectivity index (χ4v) is 3.50. The van der Waals surface area contributed by atoms with Crippen LogP contribution >= 0.6 is 15.9 Å². The van der Waals surface area contributed by atoms with Gasteiger partial charge in [0.05, 0.1) is 6.04 Å². The number of hydrogen-bond donors (Lipinski definition) is 3. The summed E-state index contributed by atoms with van der Waals surface area (Å²) in [4.78, 5) is 15.4. The minimum absolute atomic E-state index is 0.192. The van der Waals surface area contributed by atoms with E-state index in [4.69, 9.17) is 4.74 Å². The number of aromatic amines is 1. The number of carbonyl (C=O) groups is 1. The first-order chi connectivity index (χ1) is 13.7. The van der Waals surface area contributed by atoms with Crippen LogP contribution in [0.25, 0.3) is 10.9 Å². The Hall–Kier alpha value is -2.35. The second-order valence-corrected chi connectivity index (χ2v) is 8.83. The van der Waals surface area contributed by atoms with Crippen LogP contribution in [0.2, 0.25) is 0 Å². The van der Waals surface area contributed by atoms with E-state index in [-0.39, 0.29) is 6.54 Å². The van der Waals surface area contributed by atoms with E-state index in [2.05, 4.69) is 26.2 Å². The lowest BCUT2D eigenvalue weighted by molar-refractivity contribution is -0.135. The van der Waals surface area contributed by atoms with Crippen LogP contribution in [-0.4, -0.2) is 33.5 Å². The Bertz CT molecular complexity index is 966. The van der Waals surface area contributed by atoms with Gasteiger partial charge in [-0.3, -0.25) is 0 Å². The van der Waals surface area contributed by atoms with Gasteiger partial charge in [-0.25, -0.2) is 4.79 Å². The van der Waals surface area contributed by atoms with Crippen molar-refractivity contribution in [3.8, 4) is 0 Å². The summed E-state index contributed by atoms with van der Waals surface area (Å²) in [6, 6.07) is 15.2. The van der Waals surface area contributed by atoms with Gasteiger partial charge >= 0.3 is 6.09 Å². The van der Waals surface area contributed by atoms with Gasteiger partial charge in [0.25, 0.3) is 0 Å². The standard InChI is InChI=1S/C22H26BrN3O3/c1-22(2,3)29-21(27)25-13-20(26(28)14-15-7-5-4-6-8-15)18-12-24-19-10-9-16(23)11-17(18)19/h4-12,20,24,28H,13-14H2,1-3H3,(H,25,27). The van der Waals surface area contributed by atoms with Crippen molar-refractivity contribution >= 4 is 32.9 Å². The van der Waals surface area contributed by atoms with E-state index in [1.54, 1.807) is 0 Å². The van der Waals surface area contributed by atoms with Crippen LogP contribution in [0, 0.1) is 0 Å². The molecule has 1 aromatic heterocycles. The number of alkyl carbamates (subject to hydrolysis) is 1. The zero-order valence-corrected chi connectivity index (χ0v) is 18.4. The van der Waals surface area contributed by atoms with Crippen LogP contribution in [0.1, 0.15) is 37.9 Å². The molecule has 29 heavy (non-hydrogen) atoms. The van der Waals surface area contributed by atoms with Crippen LogP contribution in [0.3, 0.4) is 0 Å². The number of aromatic nitrogens is 1. The molecule has 154 valence electrons. The Morgan fingerprint density at radius 1 is 1.24 bits per heavy atom. The number of nitrogens with one attached hydrogen (secondary N) is 2. The van der Waals surface area contributed by atoms with Gasteiger partial charge in [0.1, 0.15) is 5.60 Å². The molecule has 7 heteroatoms. The van der Waals surface area contributed by atoms with Gasteiger partial charge in [0.2, 0.25) is 0 Å². The lowest BCUT2D eigenvalue weighted by Gasteiger charge is -2.27. The maximum absolute atomic E-state index is 12.2. The van der Waals surface area contributed by atoms with Crippen molar-refractivity contribution in [1.29, 1.82) is 0 Å². The molecule has 0 radical (unpaired) electrons. The third-order valence-electron chi connectivity index (χ3n) is 4.42. The monoisotopic (exact) mass is 459 g/mol. The van der Waals surface area contributed by atoms with Gasteiger partial charge in [-0.2, -0.15) is 5.06 Å². The van der Waals surface area contributed by atoms with E-state index in [0.29, 0.717) is 6.54 Å². The molecule has 0 spiro atoms. The molecule has 3 N–H and O–H groups in total. The van der Waals surface area contributed by atoms with Crippen molar-refractivity contribution < 1.29 is 14.7 Å². The normalized spacial score (nSPS) is 12.9. The predicted molar refractivity (Wildman–Crippen MR) is 117 cm³/mol. The van der Waals surface area contributed by atoms with Crippen molar-refractivity contribution in [2.24, 2.45) is 0 Å². The second-order valence-electron chi connectivity index (χ2n) is 7.92. The largest absolute Gasteiger partial charge is 0.444 e. The number of H-pyrrole nitrogens is 1. The Labute approximate surface area is 178 Å². The number of hydroxylamine groups is 2. The lowest BCUT2D eigenvalue weighted by Crippen LogP contribution is -2.39. The minimum Gasteiger partial charge on any atom is -0.444 e. The number of halogens is 1. The predicted octanol–water partition coefficient (Wildman–Crippen LogP) is 5.39. The van der Waals surface area contributed by atoms with Crippen LogP contribution in [0.4, 0.5) is 4.79 Å². The van der Waals surface area contributed by atoms with Crippen molar-refractivity contribution in [3.63, 3.8) is 0 Å². The maximum atomic E-state index is 12.2. The van der Waals surface area contributed by atoms with Crippen LogP contribution in [0.15, 0.2) is 59.2 Å². The molecule has 6 nitrogen and oxygen atoms in total. The first kappa shape index (κ1) is 21.4. The number of carbonyl (C=O) groups excluding carboxylic acids is 1. The van der Waals surface area contributed by atoms with Gasteiger partial charge in [0, 0.05) is 34.7 Å². The highest BCUT2D eigenvalue weighted by Gasteiger charge is 2.25. The number of ether oxygens (including phenoxy) is 1. The fraction of sp³-hybridized carbons (Fsp3) is 0.318. The first-order valence-electron chi connectivity index (χ1n) is 9.46. The molecule has 0 fully saturated rings. The van der Waals surface area contributed by atoms with E-state index in [1.807, 2.05) is 75.5 Å². The van der Waals surface area contributed by atoms with E-state index in [1.165, 1.54) is 5.06 Å². The van der Waals surface area contributed by atoms with Gasteiger partial charge in [0.15, 0.2) is 0 Å². The molecular weight excluding hydrogens is 434 g/mol. The summed E-state index contributed by atoms with van der Waals surface area (Å²) in [5.41, 5.74) is 2.22. The number of hydrogen-bond acceptors (Lipinski definition) is 4. The number of nitrogens with zero attached hydrogens (tertiary/aromatic N) is 1. The Kier molecular flexibility index (Phi) is 6.62. The first-order valence-corrected chi connectivity index (χ1v) is 10.2. The van der Waals surface area contributed by atoms with E-state index >= 15 is 0 Å². The van der Waals surface area contributed by atoms with E-state index in [0.717, 1.165) is 26.5 Å². The van der Waals surface area contributed by atoms with Crippen LogP contribution in [-0.2, 0) is 11.3 Å². The Morgan fingerprint density at radius 2 is 1.97 bits per heavy atom. The van der Waals surface area contributed by atoms with Crippen molar-refractivity contribution in [2.75, 3.05) is 6.54 Å². The van der Waals surface area contributed by atoms with Gasteiger partial charge < -0.3 is 20.2 Å². The van der Waals surface area contributed by atoms with Crippen molar-refractivity contribution in [3.05, 3.63) is 70.3 Å². The minimum atomic E-state index is -0.589. The van der Waals surface area contributed by atoms with Crippen LogP contribution in [0.5, 0.6) is 0 Å². The molecule has 0 aliphatic heterocycles. The van der Waals surface area contributed by atoms with Gasteiger partial charge in [-0.15, -0.1) is 0 Å². The number of benzene rings is 2. The molecule has 0 saturated carbocycles. The zero-order valence-electron chi connectivity index (χ0n) is 16.8. The number of fused-ring (bicyclic) bond motifs is 1. The van der Waals surface area contributed by atoms with Gasteiger partial charge in [-0.05, 0) is 50.1 Å². The number of rotatable bonds is 6. The quantitative estimate of drug-likeness (QED) is 0.432. The highest BCUT2D eigenvalue weighted by Crippen LogP contribution is 2.30. The van der Waals surface area contributed by atoms with Crippen molar-refractivity contribution in [2.45, 2.75) is 39.0 Å². The fourth-order valence-electron chi connectivity index (χ4n) is 3.14. The average molecular weight is 460 g/mol. The molecule has 1 atom stereocenters. The topological polar surface area (TPSA) is 77.6 Å². The summed E-state index contributed by atoms with van der Waals surface area (Å²) in [6.45, 7) is 5.96. The Balaban J connectivity index is 1.86. The lowest BCUT2D eigenvalue weighted by atomic mass is 10.0. The molecule has 0 aliphatic rings. The van der Waals surface area contributed by atoms with E-state index in [9.17, 15) is 10.0 Å². The van der Waals surface area contributed by atoms with Crippen molar-refractivity contribution in [1.82, 2.24) is 15.4 Å². The second kappa shape index (κ2) is 8.98.